The van der Waals surface area contributed by atoms with E-state index in [0.29, 0.717) is 22.4 Å². The summed E-state index contributed by atoms with van der Waals surface area (Å²) in [6.07, 6.45) is 0.372. The minimum Gasteiger partial charge on any atom is -0.423 e. The number of hydrogen-bond acceptors (Lipinski definition) is 3. The molecule has 3 rings (SSSR count). The van der Waals surface area contributed by atoms with Crippen molar-refractivity contribution in [3.05, 3.63) is 74.9 Å². The van der Waals surface area contributed by atoms with Gasteiger partial charge in [-0.15, -0.1) is 0 Å². The summed E-state index contributed by atoms with van der Waals surface area (Å²) in [5.74, 6) is -0.653. The Bertz CT molecular complexity index is 1050. The monoisotopic (exact) mass is 353 g/mol. The highest BCUT2D eigenvalue weighted by Gasteiger charge is 2.13. The Hall–Kier alpha value is -2.95. The molecule has 1 aromatic heterocycles. The summed E-state index contributed by atoms with van der Waals surface area (Å²) in [6, 6.07) is 10.2. The molecule has 0 saturated carbocycles. The lowest BCUT2D eigenvalue weighted by atomic mass is 10.0. The van der Waals surface area contributed by atoms with Crippen molar-refractivity contribution in [3.8, 4) is 0 Å². The maximum Gasteiger partial charge on any atom is 0.339 e. The van der Waals surface area contributed by atoms with Crippen molar-refractivity contribution in [1.29, 1.82) is 0 Å². The quantitative estimate of drug-likeness (QED) is 0.706. The van der Waals surface area contributed by atoms with Gasteiger partial charge in [0.05, 0.1) is 0 Å². The third kappa shape index (κ3) is 3.67. The fourth-order valence-electron chi connectivity index (χ4n) is 2.92. The van der Waals surface area contributed by atoms with Gasteiger partial charge in [-0.3, -0.25) is 4.79 Å². The molecule has 26 heavy (non-hydrogen) atoms. The number of carbonyl (C=O) groups excluding carboxylic acids is 1. The molecule has 5 heteroatoms. The van der Waals surface area contributed by atoms with Gasteiger partial charge in [0, 0.05) is 23.1 Å². The number of anilines is 1. The van der Waals surface area contributed by atoms with Gasteiger partial charge in [0.15, 0.2) is 0 Å². The smallest absolute Gasteiger partial charge is 0.339 e. The van der Waals surface area contributed by atoms with Gasteiger partial charge in [-0.2, -0.15) is 0 Å². The fraction of sp³-hybridized carbons (Fsp3) is 0.238. The molecule has 0 aliphatic carbocycles. The molecule has 0 bridgehead atoms. The largest absolute Gasteiger partial charge is 0.423 e. The lowest BCUT2D eigenvalue weighted by Crippen LogP contribution is -2.16. The van der Waals surface area contributed by atoms with Crippen LogP contribution >= 0.6 is 0 Å². The van der Waals surface area contributed by atoms with E-state index in [1.54, 1.807) is 19.1 Å². The van der Waals surface area contributed by atoms with Gasteiger partial charge in [0.2, 0.25) is 5.91 Å². The maximum absolute atomic E-state index is 13.6. The van der Waals surface area contributed by atoms with Crippen LogP contribution in [0.5, 0.6) is 0 Å². The SMILES string of the molecule is Cc1ccc2c(C)c(CCC(=O)Nc3ccc(C)c(F)c3)c(=O)oc2c1. The molecule has 2 aromatic carbocycles. The molecule has 0 fully saturated rings. The molecular weight excluding hydrogens is 333 g/mol. The third-order valence-corrected chi connectivity index (χ3v) is 4.50. The Labute approximate surface area is 150 Å². The molecule has 0 aliphatic heterocycles. The molecule has 1 N–H and O–H groups in total. The Kier molecular flexibility index (Phi) is 4.89. The number of benzene rings is 2. The van der Waals surface area contributed by atoms with Crippen molar-refractivity contribution >= 4 is 22.6 Å². The molecule has 4 nitrogen and oxygen atoms in total. The normalized spacial score (nSPS) is 10.9. The van der Waals surface area contributed by atoms with Crippen LogP contribution in [-0.4, -0.2) is 5.91 Å². The van der Waals surface area contributed by atoms with E-state index in [0.717, 1.165) is 16.5 Å². The van der Waals surface area contributed by atoms with E-state index >= 15 is 0 Å². The summed E-state index contributed by atoms with van der Waals surface area (Å²) in [5.41, 5.74) is 3.37. The number of amides is 1. The molecule has 0 spiro atoms. The number of nitrogens with one attached hydrogen (secondary N) is 1. The highest BCUT2D eigenvalue weighted by atomic mass is 19.1. The number of rotatable bonds is 4. The highest BCUT2D eigenvalue weighted by Crippen LogP contribution is 2.21. The van der Waals surface area contributed by atoms with Crippen LogP contribution in [0.25, 0.3) is 11.0 Å². The van der Waals surface area contributed by atoms with Gasteiger partial charge in [0.25, 0.3) is 0 Å². The van der Waals surface area contributed by atoms with E-state index in [4.69, 9.17) is 4.42 Å². The summed E-state index contributed by atoms with van der Waals surface area (Å²) in [6.45, 7) is 5.45. The van der Waals surface area contributed by atoms with Crippen molar-refractivity contribution in [2.75, 3.05) is 5.32 Å². The Morgan fingerprint density at radius 1 is 1.12 bits per heavy atom. The average molecular weight is 353 g/mol. The van der Waals surface area contributed by atoms with Crippen LogP contribution in [0.1, 0.15) is 28.7 Å². The van der Waals surface area contributed by atoms with E-state index in [2.05, 4.69) is 5.32 Å². The van der Waals surface area contributed by atoms with Crippen LogP contribution in [-0.2, 0) is 11.2 Å². The number of aryl methyl sites for hydroxylation is 3. The van der Waals surface area contributed by atoms with E-state index < -0.39 is 5.63 Å². The molecule has 134 valence electrons. The average Bonchev–Trinajstić information content (AvgIpc) is 2.57. The van der Waals surface area contributed by atoms with Gasteiger partial charge in [-0.05, 0) is 62.1 Å². The zero-order valence-electron chi connectivity index (χ0n) is 15.0. The molecule has 1 amide bonds. The first-order chi connectivity index (χ1) is 12.3. The van der Waals surface area contributed by atoms with E-state index in [9.17, 15) is 14.0 Å². The minimum absolute atomic E-state index is 0.110. The van der Waals surface area contributed by atoms with Crippen LogP contribution in [0.3, 0.4) is 0 Å². The van der Waals surface area contributed by atoms with Crippen LogP contribution in [0.15, 0.2) is 45.6 Å². The minimum atomic E-state index is -0.421. The number of fused-ring (bicyclic) bond motifs is 1. The topological polar surface area (TPSA) is 59.3 Å². The van der Waals surface area contributed by atoms with Crippen molar-refractivity contribution in [2.45, 2.75) is 33.6 Å². The van der Waals surface area contributed by atoms with Gasteiger partial charge >= 0.3 is 5.63 Å². The zero-order valence-corrected chi connectivity index (χ0v) is 15.0. The maximum atomic E-state index is 13.6. The Morgan fingerprint density at radius 3 is 2.62 bits per heavy atom. The van der Waals surface area contributed by atoms with Crippen molar-refractivity contribution in [1.82, 2.24) is 0 Å². The predicted octanol–water partition coefficient (Wildman–Crippen LogP) is 4.43. The molecule has 0 saturated heterocycles. The first-order valence-corrected chi connectivity index (χ1v) is 8.44. The summed E-state index contributed by atoms with van der Waals surface area (Å²) in [5, 5.41) is 3.52. The van der Waals surface area contributed by atoms with Gasteiger partial charge < -0.3 is 9.73 Å². The van der Waals surface area contributed by atoms with E-state index in [-0.39, 0.29) is 24.6 Å². The van der Waals surface area contributed by atoms with Crippen molar-refractivity contribution in [2.24, 2.45) is 0 Å². The van der Waals surface area contributed by atoms with Gasteiger partial charge in [0.1, 0.15) is 11.4 Å². The van der Waals surface area contributed by atoms with Crippen molar-refractivity contribution < 1.29 is 13.6 Å². The first-order valence-electron chi connectivity index (χ1n) is 8.44. The highest BCUT2D eigenvalue weighted by molar-refractivity contribution is 5.91. The second-order valence-corrected chi connectivity index (χ2v) is 6.50. The molecule has 3 aromatic rings. The zero-order chi connectivity index (χ0) is 18.8. The van der Waals surface area contributed by atoms with Crippen LogP contribution in [0.4, 0.5) is 10.1 Å². The number of hydrogen-bond donors (Lipinski definition) is 1. The van der Waals surface area contributed by atoms with Crippen molar-refractivity contribution in [3.63, 3.8) is 0 Å². The van der Waals surface area contributed by atoms with E-state index in [1.807, 2.05) is 32.0 Å². The lowest BCUT2D eigenvalue weighted by molar-refractivity contribution is -0.116. The second-order valence-electron chi connectivity index (χ2n) is 6.50. The summed E-state index contributed by atoms with van der Waals surface area (Å²) < 4.78 is 19.0. The number of carbonyl (C=O) groups is 1. The first kappa shape index (κ1) is 17.9. The number of halogens is 1. The molecule has 0 unspecified atom stereocenters. The lowest BCUT2D eigenvalue weighted by Gasteiger charge is -2.09. The molecule has 0 atom stereocenters. The van der Waals surface area contributed by atoms with Gasteiger partial charge in [-0.1, -0.05) is 18.2 Å². The summed E-state index contributed by atoms with van der Waals surface area (Å²) in [4.78, 5) is 24.4. The Balaban J connectivity index is 1.76. The van der Waals surface area contributed by atoms with Gasteiger partial charge in [-0.25, -0.2) is 9.18 Å². The predicted molar refractivity (Wildman–Crippen MR) is 100 cm³/mol. The fourth-order valence-corrected chi connectivity index (χ4v) is 2.92. The molecule has 0 radical (unpaired) electrons. The van der Waals surface area contributed by atoms with Crippen LogP contribution in [0.2, 0.25) is 0 Å². The summed E-state index contributed by atoms with van der Waals surface area (Å²) in [7, 11) is 0. The third-order valence-electron chi connectivity index (χ3n) is 4.50. The summed E-state index contributed by atoms with van der Waals surface area (Å²) >= 11 is 0. The molecule has 1 heterocycles. The molecule has 0 aliphatic rings. The van der Waals surface area contributed by atoms with Crippen LogP contribution < -0.4 is 10.9 Å². The second kappa shape index (κ2) is 7.12. The van der Waals surface area contributed by atoms with Crippen LogP contribution in [0, 0.1) is 26.6 Å². The molecular formula is C21H20FNO3. The standard InChI is InChI=1S/C21H20FNO3/c1-12-4-7-16-14(3)17(21(25)26-19(16)10-12)8-9-20(24)23-15-6-5-13(2)18(22)11-15/h4-7,10-11H,8-9H2,1-3H3,(H,23,24). The van der Waals surface area contributed by atoms with E-state index in [1.165, 1.54) is 6.07 Å². The Morgan fingerprint density at radius 2 is 1.88 bits per heavy atom.